The van der Waals surface area contributed by atoms with Gasteiger partial charge in [-0.25, -0.2) is 9.13 Å². The van der Waals surface area contributed by atoms with Gasteiger partial charge in [-0.3, -0.25) is 0 Å². The van der Waals surface area contributed by atoms with Crippen LogP contribution in [0.5, 0.6) is 0 Å². The van der Waals surface area contributed by atoms with E-state index in [-0.39, 0.29) is 13.2 Å². The predicted molar refractivity (Wildman–Crippen MR) is 258 cm³/mol. The molecule has 0 saturated carbocycles. The van der Waals surface area contributed by atoms with Gasteiger partial charge in [0.15, 0.2) is 37.9 Å². The van der Waals surface area contributed by atoms with Crippen LogP contribution in [0.25, 0.3) is 24.3 Å². The first kappa shape index (κ1) is 44.7. The van der Waals surface area contributed by atoms with Crippen LogP contribution in [-0.4, -0.2) is 54.6 Å². The van der Waals surface area contributed by atoms with Gasteiger partial charge in [0.05, 0.1) is 0 Å². The van der Waals surface area contributed by atoms with E-state index in [0.29, 0.717) is 19.0 Å². The molecular weight excluding hydrogens is 777 g/mol. The van der Waals surface area contributed by atoms with Crippen molar-refractivity contribution in [3.8, 4) is 0 Å². The van der Waals surface area contributed by atoms with Gasteiger partial charge in [-0.15, -0.1) is 0 Å². The molecule has 2 aromatic heterocycles. The number of hydrogen-bond donors (Lipinski definition) is 2. The molecule has 8 heteroatoms. The number of unbranched alkanes of at least 4 members (excludes halogenated alkanes) is 2. The summed E-state index contributed by atoms with van der Waals surface area (Å²) in [4.78, 5) is 5.11. The topological polar surface area (TPSA) is 54.7 Å². The predicted octanol–water partition coefficient (Wildman–Crippen LogP) is 10.2. The van der Waals surface area contributed by atoms with E-state index >= 15 is 0 Å². The van der Waals surface area contributed by atoms with Crippen LogP contribution in [0.1, 0.15) is 59.9 Å². The largest absolute Gasteiger partial charge is 0.390 e. The van der Waals surface area contributed by atoms with E-state index in [0.717, 1.165) is 43.7 Å². The molecule has 0 spiro atoms. The minimum absolute atomic E-state index is 0.145. The van der Waals surface area contributed by atoms with E-state index < -0.39 is 0 Å². The Morgan fingerprint density at radius 1 is 0.550 bits per heavy atom. The third kappa shape index (κ3) is 15.6. The summed E-state index contributed by atoms with van der Waals surface area (Å²) in [6.07, 6.45) is 31.6. The number of anilines is 2. The molecule has 5 aromatic rings. The zero-order valence-corrected chi connectivity index (χ0v) is 36.6. The molecule has 0 radical (unpaired) electrons. The van der Waals surface area contributed by atoms with E-state index in [1.807, 2.05) is 55.5 Å². The van der Waals surface area contributed by atoms with E-state index in [1.54, 1.807) is 0 Å². The second-order valence-corrected chi connectivity index (χ2v) is 18.0. The fourth-order valence-corrected chi connectivity index (χ4v) is 9.48. The average molecular weight is 839 g/mol. The summed E-state index contributed by atoms with van der Waals surface area (Å²) >= 11 is 0. The third-order valence-corrected chi connectivity index (χ3v) is 13.2. The number of aliphatic hydroxyl groups is 2. The van der Waals surface area contributed by atoms with Gasteiger partial charge in [0.25, 0.3) is 0 Å². The molecule has 1 atom stereocenters. The van der Waals surface area contributed by atoms with Crippen LogP contribution in [0, 0.1) is 5.92 Å². The number of aliphatic hydroxyl groups excluding tert-OH is 2. The number of nitrogens with zero attached hydrogens (tertiary/aromatic N) is 4. The molecule has 1 unspecified atom stereocenters. The molecule has 3 aromatic carbocycles. The molecule has 6 rings (SSSR count). The number of allylic oxidation sites excluding steroid dienone is 3. The molecular formula is C52H62N4O2S2+2. The zero-order valence-electron chi connectivity index (χ0n) is 34.9. The molecule has 312 valence electrons. The van der Waals surface area contributed by atoms with Crippen molar-refractivity contribution in [2.75, 3.05) is 54.2 Å². The van der Waals surface area contributed by atoms with Crippen LogP contribution in [-0.2, 0) is 19.6 Å². The van der Waals surface area contributed by atoms with E-state index in [2.05, 4.69) is 162 Å². The standard InChI is InChI=1S/C52H62N4O2S2/c57-39-37-53-33-27-47(28-34-53)17-15-45-19-23-51(24-20-45)55(43-49-11-3-1-4-12-49)31-7-9-41-59-60-42-10-8-32-56(44-50-13-5-2-6-14-50)52-25-21-46(22-26-52)16-18-48-29-35-54(36-30-48)38-40-58/h1-6,11-13,15-30,33-36,50,57-58H,7-10,14,31-32,37-44H2/q+2. The second-order valence-electron chi connectivity index (χ2n) is 15.3. The quantitative estimate of drug-likeness (QED) is 0.0347. The Morgan fingerprint density at radius 3 is 1.52 bits per heavy atom. The highest BCUT2D eigenvalue weighted by Gasteiger charge is 2.14. The molecule has 2 heterocycles. The Kier molecular flexibility index (Phi) is 19.1. The van der Waals surface area contributed by atoms with Gasteiger partial charge < -0.3 is 20.0 Å². The van der Waals surface area contributed by atoms with E-state index in [1.165, 1.54) is 65.3 Å². The lowest BCUT2D eigenvalue weighted by Crippen LogP contribution is -2.34. The van der Waals surface area contributed by atoms with Crippen LogP contribution in [0.15, 0.2) is 152 Å². The van der Waals surface area contributed by atoms with Gasteiger partial charge in [-0.05, 0) is 90.1 Å². The van der Waals surface area contributed by atoms with Crippen LogP contribution < -0.4 is 18.9 Å². The fraction of sp³-hybridized carbons (Fsp3) is 0.308. The summed E-state index contributed by atoms with van der Waals surface area (Å²) in [5, 5.41) is 18.3. The summed E-state index contributed by atoms with van der Waals surface area (Å²) in [5.41, 5.74) is 8.56. The Hall–Kier alpha value is -4.86. The average Bonchev–Trinajstić information content (AvgIpc) is 3.29. The van der Waals surface area contributed by atoms with Crippen molar-refractivity contribution in [3.05, 3.63) is 180 Å². The zero-order chi connectivity index (χ0) is 41.5. The first-order valence-corrected chi connectivity index (χ1v) is 24.0. The summed E-state index contributed by atoms with van der Waals surface area (Å²) in [7, 11) is 4.07. The van der Waals surface area contributed by atoms with Gasteiger partial charge in [-0.1, -0.05) is 125 Å². The lowest BCUT2D eigenvalue weighted by atomic mass is 9.99. The molecule has 1 aliphatic rings. The maximum absolute atomic E-state index is 9.17. The Balaban J connectivity index is 0.919. The molecule has 2 N–H and O–H groups in total. The Morgan fingerprint density at radius 2 is 1.03 bits per heavy atom. The number of rotatable bonds is 25. The van der Waals surface area contributed by atoms with E-state index in [9.17, 15) is 0 Å². The van der Waals surface area contributed by atoms with Crippen LogP contribution in [0.4, 0.5) is 11.4 Å². The molecule has 6 nitrogen and oxygen atoms in total. The molecule has 0 fully saturated rings. The lowest BCUT2D eigenvalue weighted by Gasteiger charge is -2.29. The lowest BCUT2D eigenvalue weighted by molar-refractivity contribution is -0.698. The highest BCUT2D eigenvalue weighted by atomic mass is 33.1. The number of benzene rings is 3. The SMILES string of the molecule is OCC[n+]1ccc(/C=C/c2ccc(N(CCCCSSCCCCN(CC3C=CC=CC3)c3ccc(/C=C/c4cc[n+](CCO)cc4)cc3)Cc3ccccc3)cc2)cc1. The first-order chi connectivity index (χ1) is 29.6. The molecule has 0 amide bonds. The monoisotopic (exact) mass is 838 g/mol. The highest BCUT2D eigenvalue weighted by molar-refractivity contribution is 8.76. The summed E-state index contributed by atoms with van der Waals surface area (Å²) in [6, 6.07) is 37.1. The maximum atomic E-state index is 9.17. The highest BCUT2D eigenvalue weighted by Crippen LogP contribution is 2.27. The van der Waals surface area contributed by atoms with Crippen molar-refractivity contribution in [3.63, 3.8) is 0 Å². The van der Waals surface area contributed by atoms with Crippen LogP contribution >= 0.6 is 21.6 Å². The smallest absolute Gasteiger partial charge is 0.171 e. The number of pyridine rings is 2. The first-order valence-electron chi connectivity index (χ1n) is 21.5. The second kappa shape index (κ2) is 25.7. The van der Waals surface area contributed by atoms with Gasteiger partial charge in [0.1, 0.15) is 13.2 Å². The third-order valence-electron chi connectivity index (χ3n) is 10.6. The normalized spacial score (nSPS) is 13.7. The van der Waals surface area contributed by atoms with Crippen molar-refractivity contribution >= 4 is 57.3 Å². The Labute approximate surface area is 366 Å². The van der Waals surface area contributed by atoms with Crippen LogP contribution in [0.2, 0.25) is 0 Å². The maximum Gasteiger partial charge on any atom is 0.171 e. The fourth-order valence-electron chi connectivity index (χ4n) is 7.19. The van der Waals surface area contributed by atoms with Crippen LogP contribution in [0.3, 0.4) is 0 Å². The number of aromatic nitrogens is 2. The summed E-state index contributed by atoms with van der Waals surface area (Å²) in [5.74, 6) is 2.90. The minimum Gasteiger partial charge on any atom is -0.390 e. The molecule has 0 bridgehead atoms. The molecule has 0 aliphatic heterocycles. The van der Waals surface area contributed by atoms with Gasteiger partial charge >= 0.3 is 0 Å². The molecule has 1 aliphatic carbocycles. The summed E-state index contributed by atoms with van der Waals surface area (Å²) < 4.78 is 3.98. The molecule has 60 heavy (non-hydrogen) atoms. The summed E-state index contributed by atoms with van der Waals surface area (Å²) in [6.45, 7) is 5.57. The Bertz CT molecular complexity index is 2070. The van der Waals surface area contributed by atoms with Crippen molar-refractivity contribution in [1.29, 1.82) is 0 Å². The van der Waals surface area contributed by atoms with Crippen molar-refractivity contribution in [1.82, 2.24) is 0 Å². The van der Waals surface area contributed by atoms with Gasteiger partial charge in [0, 0.05) is 73.3 Å². The molecule has 0 saturated heterocycles. The van der Waals surface area contributed by atoms with Crippen molar-refractivity contribution in [2.24, 2.45) is 5.92 Å². The van der Waals surface area contributed by atoms with Crippen molar-refractivity contribution in [2.45, 2.75) is 51.7 Å². The van der Waals surface area contributed by atoms with Crippen molar-refractivity contribution < 1.29 is 19.3 Å². The van der Waals surface area contributed by atoms with Gasteiger partial charge in [0.2, 0.25) is 0 Å². The van der Waals surface area contributed by atoms with E-state index in [4.69, 9.17) is 10.2 Å². The van der Waals surface area contributed by atoms with Gasteiger partial charge in [-0.2, -0.15) is 0 Å². The number of hydrogen-bond acceptors (Lipinski definition) is 6. The minimum atomic E-state index is 0.145.